The highest BCUT2D eigenvalue weighted by atomic mass is 35.5. The van der Waals surface area contributed by atoms with Crippen LogP contribution in [0.2, 0.25) is 5.02 Å². The van der Waals surface area contributed by atoms with Crippen LogP contribution in [-0.2, 0) is 14.8 Å². The summed E-state index contributed by atoms with van der Waals surface area (Å²) in [6.45, 7) is 1.00. The molecule has 1 heterocycles. The van der Waals surface area contributed by atoms with Crippen molar-refractivity contribution in [2.24, 2.45) is 5.92 Å². The molecule has 0 bridgehead atoms. The number of rotatable bonds is 6. The van der Waals surface area contributed by atoms with Crippen LogP contribution < -0.4 is 4.83 Å². The first-order chi connectivity index (χ1) is 12.8. The van der Waals surface area contributed by atoms with E-state index in [2.05, 4.69) is 4.83 Å². The average molecular weight is 409 g/mol. The fourth-order valence-electron chi connectivity index (χ4n) is 3.17. The van der Waals surface area contributed by atoms with Crippen molar-refractivity contribution in [2.75, 3.05) is 13.1 Å². The fraction of sp³-hybridized carbons (Fsp3) is 0.316. The zero-order valence-corrected chi connectivity index (χ0v) is 16.2. The summed E-state index contributed by atoms with van der Waals surface area (Å²) in [6, 6.07) is 14.0. The molecule has 0 spiro atoms. The lowest BCUT2D eigenvalue weighted by molar-refractivity contribution is -0.138. The highest BCUT2D eigenvalue weighted by molar-refractivity contribution is 7.89. The molecule has 8 heteroatoms. The molecule has 0 saturated carbocycles. The minimum atomic E-state index is -3.67. The molecule has 6 nitrogen and oxygen atoms in total. The molecule has 1 saturated heterocycles. The van der Waals surface area contributed by atoms with E-state index < -0.39 is 16.0 Å². The highest BCUT2D eigenvalue weighted by Gasteiger charge is 2.25. The van der Waals surface area contributed by atoms with Gasteiger partial charge in [0.2, 0.25) is 0 Å². The number of nitrogens with zero attached hydrogens (tertiary/aromatic N) is 1. The Kier molecular flexibility index (Phi) is 6.16. The van der Waals surface area contributed by atoms with E-state index in [1.165, 1.54) is 0 Å². The lowest BCUT2D eigenvalue weighted by atomic mass is 9.94. The molecule has 0 unspecified atom stereocenters. The van der Waals surface area contributed by atoms with Crippen LogP contribution in [0.5, 0.6) is 0 Å². The second-order valence-electron chi connectivity index (χ2n) is 6.65. The maximum atomic E-state index is 12.6. The van der Waals surface area contributed by atoms with Crippen molar-refractivity contribution in [2.45, 2.75) is 24.2 Å². The van der Waals surface area contributed by atoms with Crippen LogP contribution in [0.15, 0.2) is 53.4 Å². The molecule has 3 rings (SSSR count). The summed E-state index contributed by atoms with van der Waals surface area (Å²) < 4.78 is 25.2. The molecule has 0 amide bonds. The summed E-state index contributed by atoms with van der Waals surface area (Å²) >= 11 is 5.89. The molecular weight excluding hydrogens is 388 g/mol. The van der Waals surface area contributed by atoms with Crippen molar-refractivity contribution in [3.8, 4) is 11.1 Å². The number of benzene rings is 2. The van der Waals surface area contributed by atoms with E-state index >= 15 is 0 Å². The summed E-state index contributed by atoms with van der Waals surface area (Å²) in [6.07, 6.45) is 1.45. The molecule has 1 fully saturated rings. The van der Waals surface area contributed by atoms with E-state index in [1.54, 1.807) is 41.4 Å². The number of carboxylic acids is 1. The average Bonchev–Trinajstić information content (AvgIpc) is 2.63. The van der Waals surface area contributed by atoms with Gasteiger partial charge in [-0.3, -0.25) is 4.79 Å². The van der Waals surface area contributed by atoms with E-state index in [4.69, 9.17) is 16.7 Å². The number of carbonyl (C=O) groups is 1. The number of hydrogen-bond donors (Lipinski definition) is 2. The Labute approximate surface area is 163 Å². The second kappa shape index (κ2) is 8.39. The van der Waals surface area contributed by atoms with E-state index in [0.29, 0.717) is 31.0 Å². The molecule has 2 aromatic rings. The zero-order chi connectivity index (χ0) is 19.4. The molecule has 27 heavy (non-hydrogen) atoms. The van der Waals surface area contributed by atoms with Crippen LogP contribution in [0.1, 0.15) is 19.3 Å². The van der Waals surface area contributed by atoms with Crippen LogP contribution in [-0.4, -0.2) is 37.6 Å². The fourth-order valence-corrected chi connectivity index (χ4v) is 4.42. The maximum absolute atomic E-state index is 12.6. The molecular formula is C19H21ClN2O4S. The van der Waals surface area contributed by atoms with Crippen molar-refractivity contribution in [1.82, 2.24) is 9.84 Å². The molecule has 2 N–H and O–H groups in total. The molecule has 2 aromatic carbocycles. The number of aliphatic carboxylic acids is 1. The van der Waals surface area contributed by atoms with Gasteiger partial charge in [0.15, 0.2) is 0 Å². The Morgan fingerprint density at radius 3 is 2.07 bits per heavy atom. The third-order valence-corrected chi connectivity index (χ3v) is 6.31. The first kappa shape index (κ1) is 19.8. The van der Waals surface area contributed by atoms with Crippen LogP contribution in [0.3, 0.4) is 0 Å². The Bertz CT molecular complexity index is 890. The predicted molar refractivity (Wildman–Crippen MR) is 104 cm³/mol. The number of halogens is 1. The van der Waals surface area contributed by atoms with Crippen molar-refractivity contribution in [3.05, 3.63) is 53.6 Å². The van der Waals surface area contributed by atoms with Crippen molar-refractivity contribution < 1.29 is 18.3 Å². The topological polar surface area (TPSA) is 86.7 Å². The summed E-state index contributed by atoms with van der Waals surface area (Å²) in [5.41, 5.74) is 1.86. The Balaban J connectivity index is 1.63. The maximum Gasteiger partial charge on any atom is 0.303 e. The summed E-state index contributed by atoms with van der Waals surface area (Å²) in [5.74, 6) is -0.711. The standard InChI is InChI=1S/C19H21ClN2O4S/c20-17-5-1-15(2-6-17)16-3-7-18(8-4-16)27(25,26)21-22-11-9-14(10-12-22)13-19(23)24/h1-8,14,21H,9-13H2,(H,23,24). The van der Waals surface area contributed by atoms with Gasteiger partial charge < -0.3 is 5.11 Å². The molecule has 0 aromatic heterocycles. The summed E-state index contributed by atoms with van der Waals surface area (Å²) in [7, 11) is -3.67. The zero-order valence-electron chi connectivity index (χ0n) is 14.6. The third-order valence-electron chi connectivity index (χ3n) is 4.67. The number of sulfonamides is 1. The van der Waals surface area contributed by atoms with Gasteiger partial charge in [0.1, 0.15) is 0 Å². The normalized spacial score (nSPS) is 16.3. The van der Waals surface area contributed by atoms with Crippen molar-refractivity contribution >= 4 is 27.6 Å². The molecule has 0 atom stereocenters. The lowest BCUT2D eigenvalue weighted by Crippen LogP contribution is -2.46. The van der Waals surface area contributed by atoms with Gasteiger partial charge in [0.05, 0.1) is 4.90 Å². The van der Waals surface area contributed by atoms with Gasteiger partial charge >= 0.3 is 5.97 Å². The minimum absolute atomic E-state index is 0.0990. The highest BCUT2D eigenvalue weighted by Crippen LogP contribution is 2.24. The van der Waals surface area contributed by atoms with E-state index in [1.807, 2.05) is 12.1 Å². The Hall–Kier alpha value is -1.93. The van der Waals surface area contributed by atoms with Gasteiger partial charge in [-0.2, -0.15) is 0 Å². The molecule has 0 aliphatic carbocycles. The second-order valence-corrected chi connectivity index (χ2v) is 8.75. The van der Waals surface area contributed by atoms with E-state index in [0.717, 1.165) is 11.1 Å². The van der Waals surface area contributed by atoms with E-state index in [9.17, 15) is 13.2 Å². The minimum Gasteiger partial charge on any atom is -0.481 e. The van der Waals surface area contributed by atoms with Crippen molar-refractivity contribution in [1.29, 1.82) is 0 Å². The van der Waals surface area contributed by atoms with Crippen LogP contribution in [0.4, 0.5) is 0 Å². The number of carboxylic acid groups (broad SMARTS) is 1. The lowest BCUT2D eigenvalue weighted by Gasteiger charge is -2.31. The van der Waals surface area contributed by atoms with Gasteiger partial charge in [-0.25, -0.2) is 13.4 Å². The number of hydrazine groups is 1. The SMILES string of the molecule is O=C(O)CC1CCN(NS(=O)(=O)c2ccc(-c3ccc(Cl)cc3)cc2)CC1. The van der Waals surface area contributed by atoms with Crippen LogP contribution >= 0.6 is 11.6 Å². The van der Waals surface area contributed by atoms with Gasteiger partial charge in [-0.1, -0.05) is 35.9 Å². The third kappa shape index (κ3) is 5.29. The predicted octanol–water partition coefficient (Wildman–Crippen LogP) is 3.39. The van der Waals surface area contributed by atoms with E-state index in [-0.39, 0.29) is 17.2 Å². The quantitative estimate of drug-likeness (QED) is 0.765. The van der Waals surface area contributed by atoms with Crippen LogP contribution in [0.25, 0.3) is 11.1 Å². The van der Waals surface area contributed by atoms with Crippen molar-refractivity contribution in [3.63, 3.8) is 0 Å². The Morgan fingerprint density at radius 2 is 1.56 bits per heavy atom. The van der Waals surface area contributed by atoms with Gasteiger partial charge in [-0.05, 0) is 54.2 Å². The molecule has 1 aliphatic rings. The Morgan fingerprint density at radius 1 is 1.04 bits per heavy atom. The first-order valence-corrected chi connectivity index (χ1v) is 10.5. The van der Waals surface area contributed by atoms with Gasteiger partial charge in [0, 0.05) is 24.5 Å². The number of nitrogens with one attached hydrogen (secondary N) is 1. The molecule has 1 aliphatic heterocycles. The van der Waals surface area contributed by atoms with Crippen LogP contribution in [0, 0.1) is 5.92 Å². The first-order valence-electron chi connectivity index (χ1n) is 8.69. The smallest absolute Gasteiger partial charge is 0.303 e. The summed E-state index contributed by atoms with van der Waals surface area (Å²) in [5, 5.41) is 11.1. The number of piperidine rings is 1. The monoisotopic (exact) mass is 408 g/mol. The van der Waals surface area contributed by atoms with Gasteiger partial charge in [0.25, 0.3) is 10.0 Å². The summed E-state index contributed by atoms with van der Waals surface area (Å²) in [4.78, 5) is 13.6. The largest absolute Gasteiger partial charge is 0.481 e. The number of hydrogen-bond acceptors (Lipinski definition) is 4. The van der Waals surface area contributed by atoms with Gasteiger partial charge in [-0.15, -0.1) is 4.83 Å². The molecule has 144 valence electrons. The molecule has 0 radical (unpaired) electrons.